The minimum atomic E-state index is -0.473. The lowest BCUT2D eigenvalue weighted by Crippen LogP contribution is -2.15. The van der Waals surface area contributed by atoms with E-state index in [4.69, 9.17) is 0 Å². The predicted molar refractivity (Wildman–Crippen MR) is 95.8 cm³/mol. The maximum atomic E-state index is 12.0. The first-order valence-corrected chi connectivity index (χ1v) is 8.66. The van der Waals surface area contributed by atoms with Gasteiger partial charge < -0.3 is 10.6 Å². The molecular weight excluding hydrogens is 350 g/mol. The van der Waals surface area contributed by atoms with Crippen molar-refractivity contribution in [1.82, 2.24) is 10.2 Å². The van der Waals surface area contributed by atoms with Crippen molar-refractivity contribution in [3.8, 4) is 0 Å². The van der Waals surface area contributed by atoms with Crippen LogP contribution in [0.5, 0.6) is 0 Å². The normalized spacial score (nSPS) is 10.2. The number of nitrogens with zero attached hydrogens (tertiary/aromatic N) is 3. The molecule has 0 unspecified atom stereocenters. The van der Waals surface area contributed by atoms with Gasteiger partial charge in [0, 0.05) is 12.6 Å². The van der Waals surface area contributed by atoms with Crippen molar-refractivity contribution in [2.45, 2.75) is 11.3 Å². The van der Waals surface area contributed by atoms with Gasteiger partial charge in [0.2, 0.25) is 11.0 Å². The standard InChI is InChI=1S/C14H15N5O3S2/c1-3-7-15-13-17-18-14(24-13)23-8-12(20)16-10-5-4-6-11(9(10)2)19(21)22/h3-6H,1,7-8H2,2H3,(H,15,17)(H,16,20). The van der Waals surface area contributed by atoms with Gasteiger partial charge in [-0.3, -0.25) is 14.9 Å². The molecule has 0 saturated carbocycles. The molecule has 126 valence electrons. The van der Waals surface area contributed by atoms with Crippen molar-refractivity contribution in [3.63, 3.8) is 0 Å². The number of hydrogen-bond donors (Lipinski definition) is 2. The number of nitrogens with one attached hydrogen (secondary N) is 2. The molecule has 0 saturated heterocycles. The molecule has 24 heavy (non-hydrogen) atoms. The average molecular weight is 365 g/mol. The second-order valence-corrected chi connectivity index (χ2v) is 6.79. The smallest absolute Gasteiger partial charge is 0.274 e. The van der Waals surface area contributed by atoms with E-state index in [1.54, 1.807) is 19.1 Å². The Hall–Kier alpha value is -2.46. The highest BCUT2D eigenvalue weighted by molar-refractivity contribution is 8.01. The van der Waals surface area contributed by atoms with Gasteiger partial charge in [0.25, 0.3) is 5.69 Å². The molecule has 1 aromatic heterocycles. The molecule has 1 heterocycles. The van der Waals surface area contributed by atoms with Gasteiger partial charge in [0.05, 0.1) is 21.9 Å². The van der Waals surface area contributed by atoms with Crippen molar-refractivity contribution < 1.29 is 9.72 Å². The molecule has 1 aromatic carbocycles. The minimum absolute atomic E-state index is 0.0255. The van der Waals surface area contributed by atoms with Gasteiger partial charge in [-0.15, -0.1) is 16.8 Å². The molecule has 10 heteroatoms. The summed E-state index contributed by atoms with van der Waals surface area (Å²) >= 11 is 2.59. The van der Waals surface area contributed by atoms with Crippen LogP contribution in [0.2, 0.25) is 0 Å². The van der Waals surface area contributed by atoms with Crippen LogP contribution in [-0.2, 0) is 4.79 Å². The van der Waals surface area contributed by atoms with Crippen molar-refractivity contribution in [3.05, 3.63) is 46.5 Å². The molecule has 0 aliphatic heterocycles. The molecule has 0 aliphatic carbocycles. The first-order chi connectivity index (χ1) is 11.5. The van der Waals surface area contributed by atoms with Crippen molar-refractivity contribution in [1.29, 1.82) is 0 Å². The summed E-state index contributed by atoms with van der Waals surface area (Å²) < 4.78 is 0.660. The van der Waals surface area contributed by atoms with Crippen molar-refractivity contribution in [2.75, 3.05) is 22.9 Å². The van der Waals surface area contributed by atoms with Gasteiger partial charge in [-0.2, -0.15) is 0 Å². The molecule has 0 bridgehead atoms. The van der Waals surface area contributed by atoms with Gasteiger partial charge in [-0.25, -0.2) is 0 Å². The molecule has 2 aromatic rings. The summed E-state index contributed by atoms with van der Waals surface area (Å²) in [5.41, 5.74) is 0.829. The van der Waals surface area contributed by atoms with E-state index in [2.05, 4.69) is 27.4 Å². The Labute approximate surface area is 146 Å². The number of anilines is 2. The second-order valence-electron chi connectivity index (χ2n) is 4.59. The number of thioether (sulfide) groups is 1. The lowest BCUT2D eigenvalue weighted by Gasteiger charge is -2.07. The second kappa shape index (κ2) is 8.41. The molecule has 0 spiro atoms. The van der Waals surface area contributed by atoms with Gasteiger partial charge >= 0.3 is 0 Å². The van der Waals surface area contributed by atoms with Crippen LogP contribution in [0.25, 0.3) is 0 Å². The summed E-state index contributed by atoms with van der Waals surface area (Å²) in [7, 11) is 0. The Morgan fingerprint density at radius 3 is 3.00 bits per heavy atom. The Kier molecular flexibility index (Phi) is 6.27. The van der Waals surface area contributed by atoms with Crippen molar-refractivity contribution >= 4 is 45.5 Å². The number of carbonyl (C=O) groups is 1. The number of amides is 1. The summed E-state index contributed by atoms with van der Waals surface area (Å²) in [4.78, 5) is 22.5. The lowest BCUT2D eigenvalue weighted by molar-refractivity contribution is -0.385. The fourth-order valence-electron chi connectivity index (χ4n) is 1.77. The number of hydrogen-bond acceptors (Lipinski definition) is 8. The Morgan fingerprint density at radius 1 is 1.50 bits per heavy atom. The highest BCUT2D eigenvalue weighted by Gasteiger charge is 2.15. The van der Waals surface area contributed by atoms with Crippen LogP contribution in [0.3, 0.4) is 0 Å². The Balaban J connectivity index is 1.92. The van der Waals surface area contributed by atoms with E-state index in [0.717, 1.165) is 0 Å². The number of rotatable bonds is 8. The van der Waals surface area contributed by atoms with Gasteiger partial charge in [0.1, 0.15) is 0 Å². The van der Waals surface area contributed by atoms with E-state index >= 15 is 0 Å². The Morgan fingerprint density at radius 2 is 2.29 bits per heavy atom. The molecule has 8 nitrogen and oxygen atoms in total. The molecule has 0 radical (unpaired) electrons. The highest BCUT2D eigenvalue weighted by Crippen LogP contribution is 2.27. The third kappa shape index (κ3) is 4.77. The number of nitro benzene ring substituents is 1. The topological polar surface area (TPSA) is 110 Å². The van der Waals surface area contributed by atoms with E-state index in [-0.39, 0.29) is 17.3 Å². The van der Waals surface area contributed by atoms with Crippen LogP contribution >= 0.6 is 23.1 Å². The van der Waals surface area contributed by atoms with E-state index < -0.39 is 4.92 Å². The third-order valence-electron chi connectivity index (χ3n) is 2.91. The predicted octanol–water partition coefficient (Wildman–Crippen LogP) is 3.08. The molecule has 0 aliphatic rings. The molecule has 2 N–H and O–H groups in total. The van der Waals surface area contributed by atoms with Crippen LogP contribution in [0, 0.1) is 17.0 Å². The molecule has 2 rings (SSSR count). The molecule has 0 atom stereocenters. The molecule has 0 fully saturated rings. The summed E-state index contributed by atoms with van der Waals surface area (Å²) in [6.45, 7) is 5.79. The fourth-order valence-corrected chi connectivity index (χ4v) is 3.33. The summed E-state index contributed by atoms with van der Waals surface area (Å²) in [5.74, 6) is -0.127. The van der Waals surface area contributed by atoms with E-state index in [1.165, 1.54) is 35.2 Å². The van der Waals surface area contributed by atoms with Crippen LogP contribution < -0.4 is 10.6 Å². The summed E-state index contributed by atoms with van der Waals surface area (Å²) in [6.07, 6.45) is 1.71. The quantitative estimate of drug-likeness (QED) is 0.320. The minimum Gasteiger partial charge on any atom is -0.357 e. The third-order valence-corrected chi connectivity index (χ3v) is 4.92. The first kappa shape index (κ1) is 17.9. The van der Waals surface area contributed by atoms with Crippen LogP contribution in [-0.4, -0.2) is 33.3 Å². The molecule has 1 amide bonds. The van der Waals surface area contributed by atoms with Crippen molar-refractivity contribution in [2.24, 2.45) is 0 Å². The van der Waals surface area contributed by atoms with E-state index in [0.29, 0.717) is 27.3 Å². The fraction of sp³-hybridized carbons (Fsp3) is 0.214. The number of aromatic nitrogens is 2. The van der Waals surface area contributed by atoms with Crippen LogP contribution in [0.15, 0.2) is 35.2 Å². The van der Waals surface area contributed by atoms with Gasteiger partial charge in [-0.1, -0.05) is 35.2 Å². The van der Waals surface area contributed by atoms with E-state index in [9.17, 15) is 14.9 Å². The van der Waals surface area contributed by atoms with Crippen LogP contribution in [0.4, 0.5) is 16.5 Å². The monoisotopic (exact) mass is 365 g/mol. The average Bonchev–Trinajstić information content (AvgIpc) is 3.00. The Bertz CT molecular complexity index is 763. The first-order valence-electron chi connectivity index (χ1n) is 6.86. The zero-order chi connectivity index (χ0) is 17.5. The number of benzene rings is 1. The highest BCUT2D eigenvalue weighted by atomic mass is 32.2. The maximum absolute atomic E-state index is 12.0. The molecular formula is C14H15N5O3S2. The summed E-state index contributed by atoms with van der Waals surface area (Å²) in [5, 5.41) is 25.2. The number of carbonyl (C=O) groups excluding carboxylic acids is 1. The lowest BCUT2D eigenvalue weighted by atomic mass is 10.1. The maximum Gasteiger partial charge on any atom is 0.274 e. The van der Waals surface area contributed by atoms with E-state index in [1.807, 2.05) is 0 Å². The zero-order valence-corrected chi connectivity index (χ0v) is 14.4. The SMILES string of the molecule is C=CCNc1nnc(SCC(=O)Nc2cccc([N+](=O)[O-])c2C)s1. The van der Waals surface area contributed by atoms with Gasteiger partial charge in [-0.05, 0) is 13.0 Å². The number of nitro groups is 1. The van der Waals surface area contributed by atoms with Gasteiger partial charge in [0.15, 0.2) is 4.34 Å². The zero-order valence-electron chi connectivity index (χ0n) is 12.8. The summed E-state index contributed by atoms with van der Waals surface area (Å²) in [6, 6.07) is 4.57. The van der Waals surface area contributed by atoms with Crippen LogP contribution in [0.1, 0.15) is 5.56 Å². The largest absolute Gasteiger partial charge is 0.357 e.